The van der Waals surface area contributed by atoms with Crippen LogP contribution in [-0.2, 0) is 6.54 Å². The topological polar surface area (TPSA) is 57.4 Å². The van der Waals surface area contributed by atoms with Crippen LogP contribution in [0.4, 0.5) is 0 Å². The number of ether oxygens (including phenoxy) is 2. The van der Waals surface area contributed by atoms with Crippen molar-refractivity contribution in [2.24, 2.45) is 5.73 Å². The Morgan fingerprint density at radius 3 is 2.50 bits per heavy atom. The minimum atomic E-state index is 0.403. The Balaban J connectivity index is 2.11. The van der Waals surface area contributed by atoms with Crippen molar-refractivity contribution in [2.75, 3.05) is 6.61 Å². The van der Waals surface area contributed by atoms with Crippen LogP contribution >= 0.6 is 0 Å². The number of nitrogens with zero attached hydrogens (tertiary/aromatic N) is 1. The molecule has 4 nitrogen and oxygen atoms in total. The van der Waals surface area contributed by atoms with Gasteiger partial charge in [0.2, 0.25) is 0 Å². The standard InChI is InChI=1S/C16H20N2O2/c1-3-8-19-14-4-6-15(7-5-14)20-16-9-12(2)18-11-13(16)10-17/h4-7,9,11H,3,8,10,17H2,1-2H3. The van der Waals surface area contributed by atoms with E-state index in [9.17, 15) is 0 Å². The highest BCUT2D eigenvalue weighted by Crippen LogP contribution is 2.27. The Labute approximate surface area is 119 Å². The maximum atomic E-state index is 5.87. The minimum absolute atomic E-state index is 0.403. The summed E-state index contributed by atoms with van der Waals surface area (Å²) in [5.74, 6) is 2.36. The van der Waals surface area contributed by atoms with Crippen molar-refractivity contribution >= 4 is 0 Å². The zero-order chi connectivity index (χ0) is 14.4. The fraction of sp³-hybridized carbons (Fsp3) is 0.312. The first kappa shape index (κ1) is 14.3. The van der Waals surface area contributed by atoms with E-state index in [1.807, 2.05) is 37.3 Å². The van der Waals surface area contributed by atoms with Gasteiger partial charge in [0, 0.05) is 30.1 Å². The van der Waals surface area contributed by atoms with Crippen LogP contribution in [0.25, 0.3) is 0 Å². The zero-order valence-electron chi connectivity index (χ0n) is 11.9. The third-order valence-electron chi connectivity index (χ3n) is 2.82. The van der Waals surface area contributed by atoms with Crippen LogP contribution in [0.5, 0.6) is 17.2 Å². The summed E-state index contributed by atoms with van der Waals surface area (Å²) in [6.07, 6.45) is 2.75. The maximum Gasteiger partial charge on any atom is 0.135 e. The van der Waals surface area contributed by atoms with Crippen LogP contribution in [0.3, 0.4) is 0 Å². The lowest BCUT2D eigenvalue weighted by molar-refractivity contribution is 0.317. The summed E-state index contributed by atoms with van der Waals surface area (Å²) in [6, 6.07) is 9.48. The van der Waals surface area contributed by atoms with Crippen molar-refractivity contribution in [3.8, 4) is 17.2 Å². The van der Waals surface area contributed by atoms with Crippen LogP contribution in [0, 0.1) is 6.92 Å². The molecule has 0 atom stereocenters. The summed E-state index contributed by atoms with van der Waals surface area (Å²) in [6.45, 7) is 5.13. The average Bonchev–Trinajstić information content (AvgIpc) is 2.47. The molecule has 1 heterocycles. The lowest BCUT2D eigenvalue weighted by Gasteiger charge is -2.11. The molecule has 0 radical (unpaired) electrons. The second-order valence-corrected chi connectivity index (χ2v) is 4.56. The smallest absolute Gasteiger partial charge is 0.135 e. The number of aryl methyl sites for hydroxylation is 1. The van der Waals surface area contributed by atoms with Crippen LogP contribution in [0.2, 0.25) is 0 Å². The maximum absolute atomic E-state index is 5.87. The minimum Gasteiger partial charge on any atom is -0.494 e. The largest absolute Gasteiger partial charge is 0.494 e. The summed E-state index contributed by atoms with van der Waals surface area (Å²) in [7, 11) is 0. The molecular formula is C16H20N2O2. The summed E-state index contributed by atoms with van der Waals surface area (Å²) in [4.78, 5) is 4.22. The van der Waals surface area contributed by atoms with E-state index in [4.69, 9.17) is 15.2 Å². The van der Waals surface area contributed by atoms with Crippen LogP contribution in [0.15, 0.2) is 36.5 Å². The SMILES string of the molecule is CCCOc1ccc(Oc2cc(C)ncc2CN)cc1. The average molecular weight is 272 g/mol. The molecule has 0 saturated heterocycles. The molecular weight excluding hydrogens is 252 g/mol. The number of benzene rings is 1. The first-order valence-corrected chi connectivity index (χ1v) is 6.79. The molecule has 2 rings (SSSR count). The van der Waals surface area contributed by atoms with Gasteiger partial charge in [-0.2, -0.15) is 0 Å². The van der Waals surface area contributed by atoms with Gasteiger partial charge in [-0.1, -0.05) is 6.92 Å². The molecule has 0 aliphatic carbocycles. The van der Waals surface area contributed by atoms with E-state index in [0.717, 1.165) is 41.5 Å². The third-order valence-corrected chi connectivity index (χ3v) is 2.82. The van der Waals surface area contributed by atoms with Crippen molar-refractivity contribution in [3.63, 3.8) is 0 Å². The van der Waals surface area contributed by atoms with Gasteiger partial charge in [0.25, 0.3) is 0 Å². The second kappa shape index (κ2) is 6.91. The van der Waals surface area contributed by atoms with E-state index in [1.54, 1.807) is 6.20 Å². The second-order valence-electron chi connectivity index (χ2n) is 4.56. The molecule has 2 N–H and O–H groups in total. The Kier molecular flexibility index (Phi) is 4.96. The van der Waals surface area contributed by atoms with Gasteiger partial charge in [-0.25, -0.2) is 0 Å². The number of aromatic nitrogens is 1. The highest BCUT2D eigenvalue weighted by atomic mass is 16.5. The predicted octanol–water partition coefficient (Wildman–Crippen LogP) is 3.43. The van der Waals surface area contributed by atoms with E-state index in [2.05, 4.69) is 11.9 Å². The molecule has 0 aliphatic heterocycles. The Morgan fingerprint density at radius 2 is 1.85 bits per heavy atom. The van der Waals surface area contributed by atoms with Gasteiger partial charge < -0.3 is 15.2 Å². The number of rotatable bonds is 6. The highest BCUT2D eigenvalue weighted by molar-refractivity contribution is 5.39. The molecule has 0 unspecified atom stereocenters. The Morgan fingerprint density at radius 1 is 1.15 bits per heavy atom. The molecule has 2 aromatic rings. The number of hydrogen-bond donors (Lipinski definition) is 1. The molecule has 1 aromatic carbocycles. The number of pyridine rings is 1. The number of hydrogen-bond acceptors (Lipinski definition) is 4. The van der Waals surface area contributed by atoms with E-state index in [-0.39, 0.29) is 0 Å². The summed E-state index contributed by atoms with van der Waals surface area (Å²) >= 11 is 0. The van der Waals surface area contributed by atoms with Crippen molar-refractivity contribution < 1.29 is 9.47 Å². The highest BCUT2D eigenvalue weighted by Gasteiger charge is 2.05. The summed E-state index contributed by atoms with van der Waals surface area (Å²) < 4.78 is 11.4. The fourth-order valence-electron chi connectivity index (χ4n) is 1.76. The predicted molar refractivity (Wildman–Crippen MR) is 79.2 cm³/mol. The van der Waals surface area contributed by atoms with Gasteiger partial charge in [0.15, 0.2) is 0 Å². The number of nitrogens with two attached hydrogens (primary N) is 1. The zero-order valence-corrected chi connectivity index (χ0v) is 11.9. The van der Waals surface area contributed by atoms with Gasteiger partial charge in [-0.05, 0) is 37.6 Å². The van der Waals surface area contributed by atoms with Crippen molar-refractivity contribution in [2.45, 2.75) is 26.8 Å². The van der Waals surface area contributed by atoms with Crippen LogP contribution < -0.4 is 15.2 Å². The monoisotopic (exact) mass is 272 g/mol. The first-order valence-electron chi connectivity index (χ1n) is 6.79. The van der Waals surface area contributed by atoms with Gasteiger partial charge in [-0.15, -0.1) is 0 Å². The molecule has 0 spiro atoms. The molecule has 0 amide bonds. The Hall–Kier alpha value is -2.07. The van der Waals surface area contributed by atoms with Crippen molar-refractivity contribution in [1.82, 2.24) is 4.98 Å². The van der Waals surface area contributed by atoms with Crippen molar-refractivity contribution in [3.05, 3.63) is 47.8 Å². The molecule has 4 heteroatoms. The lowest BCUT2D eigenvalue weighted by Crippen LogP contribution is -2.01. The summed E-state index contributed by atoms with van der Waals surface area (Å²) in [5, 5.41) is 0. The molecule has 0 fully saturated rings. The lowest BCUT2D eigenvalue weighted by atomic mass is 10.2. The fourth-order valence-corrected chi connectivity index (χ4v) is 1.76. The third kappa shape index (κ3) is 3.71. The van der Waals surface area contributed by atoms with Gasteiger partial charge in [0.1, 0.15) is 17.2 Å². The van der Waals surface area contributed by atoms with E-state index in [0.29, 0.717) is 6.54 Å². The molecule has 0 saturated carbocycles. The van der Waals surface area contributed by atoms with E-state index >= 15 is 0 Å². The molecule has 0 aliphatic rings. The van der Waals surface area contributed by atoms with Gasteiger partial charge in [0.05, 0.1) is 6.61 Å². The molecule has 1 aromatic heterocycles. The van der Waals surface area contributed by atoms with E-state index in [1.165, 1.54) is 0 Å². The first-order chi connectivity index (χ1) is 9.72. The molecule has 106 valence electrons. The van der Waals surface area contributed by atoms with E-state index < -0.39 is 0 Å². The quantitative estimate of drug-likeness (QED) is 0.875. The van der Waals surface area contributed by atoms with Crippen LogP contribution in [0.1, 0.15) is 24.6 Å². The van der Waals surface area contributed by atoms with Crippen molar-refractivity contribution in [1.29, 1.82) is 0 Å². The molecule has 0 bridgehead atoms. The molecule has 20 heavy (non-hydrogen) atoms. The summed E-state index contributed by atoms with van der Waals surface area (Å²) in [5.41, 5.74) is 7.49. The normalized spacial score (nSPS) is 10.3. The van der Waals surface area contributed by atoms with Gasteiger partial charge in [-0.3, -0.25) is 4.98 Å². The Bertz CT molecular complexity index is 553. The van der Waals surface area contributed by atoms with Crippen LogP contribution in [-0.4, -0.2) is 11.6 Å². The van der Waals surface area contributed by atoms with Gasteiger partial charge >= 0.3 is 0 Å².